The zero-order chi connectivity index (χ0) is 11.5. The van der Waals surface area contributed by atoms with E-state index in [1.54, 1.807) is 0 Å². The lowest BCUT2D eigenvalue weighted by Gasteiger charge is -2.10. The third-order valence-corrected chi connectivity index (χ3v) is 2.99. The smallest absolute Gasteiger partial charge is 0.0180 e. The van der Waals surface area contributed by atoms with Crippen LogP contribution < -0.4 is 5.73 Å². The van der Waals surface area contributed by atoms with Crippen LogP contribution in [0, 0.1) is 13.8 Å². The van der Waals surface area contributed by atoms with Crippen molar-refractivity contribution in [3.05, 3.63) is 59.2 Å². The fourth-order valence-corrected chi connectivity index (χ4v) is 2.03. The fourth-order valence-electron chi connectivity index (χ4n) is 2.03. The minimum absolute atomic E-state index is 0.603. The number of benzene rings is 2. The van der Waals surface area contributed by atoms with E-state index in [-0.39, 0.29) is 0 Å². The average molecular weight is 211 g/mol. The van der Waals surface area contributed by atoms with Crippen molar-refractivity contribution in [2.24, 2.45) is 5.73 Å². The van der Waals surface area contributed by atoms with Crippen LogP contribution in [0.4, 0.5) is 0 Å². The number of hydrogen-bond acceptors (Lipinski definition) is 1. The summed E-state index contributed by atoms with van der Waals surface area (Å²) in [6.07, 6.45) is 0. The Hall–Kier alpha value is -1.60. The second kappa shape index (κ2) is 4.50. The van der Waals surface area contributed by atoms with Gasteiger partial charge in [-0.1, -0.05) is 48.0 Å². The van der Waals surface area contributed by atoms with E-state index in [1.807, 2.05) is 0 Å². The zero-order valence-electron chi connectivity index (χ0n) is 9.83. The van der Waals surface area contributed by atoms with Crippen LogP contribution in [0.15, 0.2) is 42.5 Å². The molecular formula is C15H17N. The third kappa shape index (κ3) is 2.00. The average Bonchev–Trinajstić information content (AvgIpc) is 2.29. The van der Waals surface area contributed by atoms with Gasteiger partial charge in [0.05, 0.1) is 0 Å². The summed E-state index contributed by atoms with van der Waals surface area (Å²) in [4.78, 5) is 0. The molecule has 0 saturated carbocycles. The molecule has 0 radical (unpaired) electrons. The number of nitrogens with two attached hydrogens (primary N) is 1. The van der Waals surface area contributed by atoms with Crippen LogP contribution >= 0.6 is 0 Å². The van der Waals surface area contributed by atoms with Gasteiger partial charge in [0.25, 0.3) is 0 Å². The first kappa shape index (κ1) is 10.9. The molecule has 2 N–H and O–H groups in total. The predicted octanol–water partition coefficient (Wildman–Crippen LogP) is 3.43. The molecule has 0 fully saturated rings. The highest BCUT2D eigenvalue weighted by Gasteiger charge is 2.04. The van der Waals surface area contributed by atoms with Gasteiger partial charge in [-0.3, -0.25) is 0 Å². The standard InChI is InChI=1S/C15H17N/c1-11-5-3-6-13(9-11)15-8-4-7-14(10-16)12(15)2/h3-9H,10,16H2,1-2H3. The lowest BCUT2D eigenvalue weighted by Crippen LogP contribution is -2.00. The first-order valence-corrected chi connectivity index (χ1v) is 5.58. The van der Waals surface area contributed by atoms with Crippen LogP contribution in [0.1, 0.15) is 16.7 Å². The van der Waals surface area contributed by atoms with Gasteiger partial charge in [0.2, 0.25) is 0 Å². The minimum Gasteiger partial charge on any atom is -0.326 e. The highest BCUT2D eigenvalue weighted by molar-refractivity contribution is 5.69. The zero-order valence-corrected chi connectivity index (χ0v) is 9.83. The van der Waals surface area contributed by atoms with Crippen LogP contribution in [0.25, 0.3) is 11.1 Å². The molecule has 1 heteroatoms. The maximum Gasteiger partial charge on any atom is 0.0180 e. The molecule has 0 saturated heterocycles. The van der Waals surface area contributed by atoms with Crippen LogP contribution in [0.5, 0.6) is 0 Å². The van der Waals surface area contributed by atoms with Crippen LogP contribution in [-0.4, -0.2) is 0 Å². The molecule has 0 atom stereocenters. The molecule has 0 aliphatic carbocycles. The van der Waals surface area contributed by atoms with Crippen molar-refractivity contribution in [1.82, 2.24) is 0 Å². The second-order valence-electron chi connectivity index (χ2n) is 4.16. The summed E-state index contributed by atoms with van der Waals surface area (Å²) in [7, 11) is 0. The number of rotatable bonds is 2. The van der Waals surface area contributed by atoms with E-state index in [1.165, 1.54) is 27.8 Å². The maximum absolute atomic E-state index is 5.73. The van der Waals surface area contributed by atoms with Gasteiger partial charge >= 0.3 is 0 Å². The Kier molecular flexibility index (Phi) is 3.07. The summed E-state index contributed by atoms with van der Waals surface area (Å²) >= 11 is 0. The summed E-state index contributed by atoms with van der Waals surface area (Å²) in [6, 6.07) is 14.9. The molecule has 0 spiro atoms. The van der Waals surface area contributed by atoms with E-state index >= 15 is 0 Å². The summed E-state index contributed by atoms with van der Waals surface area (Å²) in [6.45, 7) is 4.86. The van der Waals surface area contributed by atoms with Crippen molar-refractivity contribution < 1.29 is 0 Å². The van der Waals surface area contributed by atoms with Gasteiger partial charge in [-0.15, -0.1) is 0 Å². The molecule has 2 aromatic carbocycles. The molecule has 0 unspecified atom stereocenters. The van der Waals surface area contributed by atoms with Crippen molar-refractivity contribution >= 4 is 0 Å². The molecule has 0 aliphatic rings. The molecule has 0 aliphatic heterocycles. The topological polar surface area (TPSA) is 26.0 Å². The first-order chi connectivity index (χ1) is 7.72. The Morgan fingerprint density at radius 2 is 1.75 bits per heavy atom. The van der Waals surface area contributed by atoms with Crippen LogP contribution in [0.2, 0.25) is 0 Å². The quantitative estimate of drug-likeness (QED) is 0.809. The molecule has 82 valence electrons. The highest BCUT2D eigenvalue weighted by atomic mass is 14.5. The van der Waals surface area contributed by atoms with Gasteiger partial charge in [0.1, 0.15) is 0 Å². The Morgan fingerprint density at radius 1 is 1.00 bits per heavy atom. The Morgan fingerprint density at radius 3 is 2.44 bits per heavy atom. The summed E-state index contributed by atoms with van der Waals surface area (Å²) in [5, 5.41) is 0. The normalized spacial score (nSPS) is 10.4. The van der Waals surface area contributed by atoms with E-state index < -0.39 is 0 Å². The molecule has 0 heterocycles. The van der Waals surface area contributed by atoms with Gasteiger partial charge < -0.3 is 5.73 Å². The van der Waals surface area contributed by atoms with E-state index in [4.69, 9.17) is 5.73 Å². The SMILES string of the molecule is Cc1cccc(-c2cccc(CN)c2C)c1. The molecule has 1 nitrogen and oxygen atoms in total. The predicted molar refractivity (Wildman–Crippen MR) is 69.2 cm³/mol. The lowest BCUT2D eigenvalue weighted by molar-refractivity contribution is 1.05. The van der Waals surface area contributed by atoms with Crippen molar-refractivity contribution in [3.63, 3.8) is 0 Å². The largest absolute Gasteiger partial charge is 0.326 e. The Bertz CT molecular complexity index is 501. The monoisotopic (exact) mass is 211 g/mol. The molecule has 16 heavy (non-hydrogen) atoms. The first-order valence-electron chi connectivity index (χ1n) is 5.58. The van der Waals surface area contributed by atoms with Gasteiger partial charge in [-0.25, -0.2) is 0 Å². The Balaban J connectivity index is 2.56. The Labute approximate surface area is 96.9 Å². The van der Waals surface area contributed by atoms with Gasteiger partial charge in [-0.05, 0) is 36.1 Å². The van der Waals surface area contributed by atoms with E-state index in [2.05, 4.69) is 56.3 Å². The number of hydrogen-bond donors (Lipinski definition) is 1. The van der Waals surface area contributed by atoms with E-state index in [9.17, 15) is 0 Å². The van der Waals surface area contributed by atoms with E-state index in [0.29, 0.717) is 6.54 Å². The van der Waals surface area contributed by atoms with Gasteiger partial charge in [0.15, 0.2) is 0 Å². The van der Waals surface area contributed by atoms with Gasteiger partial charge in [-0.2, -0.15) is 0 Å². The van der Waals surface area contributed by atoms with E-state index in [0.717, 1.165) is 0 Å². The molecule has 0 bridgehead atoms. The minimum atomic E-state index is 0.603. The summed E-state index contributed by atoms with van der Waals surface area (Å²) in [5.41, 5.74) is 12.1. The fraction of sp³-hybridized carbons (Fsp3) is 0.200. The van der Waals surface area contributed by atoms with Crippen molar-refractivity contribution in [2.45, 2.75) is 20.4 Å². The highest BCUT2D eigenvalue weighted by Crippen LogP contribution is 2.26. The molecule has 0 aromatic heterocycles. The lowest BCUT2D eigenvalue weighted by atomic mass is 9.95. The third-order valence-electron chi connectivity index (χ3n) is 2.99. The van der Waals surface area contributed by atoms with Crippen LogP contribution in [-0.2, 0) is 6.54 Å². The van der Waals surface area contributed by atoms with Crippen molar-refractivity contribution in [3.8, 4) is 11.1 Å². The van der Waals surface area contributed by atoms with Crippen LogP contribution in [0.3, 0.4) is 0 Å². The number of aryl methyl sites for hydroxylation is 1. The molecule has 2 rings (SSSR count). The molecular weight excluding hydrogens is 194 g/mol. The summed E-state index contributed by atoms with van der Waals surface area (Å²) < 4.78 is 0. The molecule has 2 aromatic rings. The van der Waals surface area contributed by atoms with Crippen molar-refractivity contribution in [2.75, 3.05) is 0 Å². The second-order valence-corrected chi connectivity index (χ2v) is 4.16. The maximum atomic E-state index is 5.73. The van der Waals surface area contributed by atoms with Gasteiger partial charge in [0, 0.05) is 6.54 Å². The molecule has 0 amide bonds. The summed E-state index contributed by atoms with van der Waals surface area (Å²) in [5.74, 6) is 0. The van der Waals surface area contributed by atoms with Crippen molar-refractivity contribution in [1.29, 1.82) is 0 Å².